The molecular formula is C16H19ClO3. The SMILES string of the molecule is COC(=O)C(Cc1ccc(Cl)cc1)C(=C=O)C(C)(C)C. The van der Waals surface area contributed by atoms with E-state index in [2.05, 4.69) is 0 Å². The Labute approximate surface area is 124 Å². The van der Waals surface area contributed by atoms with Crippen molar-refractivity contribution >= 4 is 23.5 Å². The van der Waals surface area contributed by atoms with Gasteiger partial charge in [0.05, 0.1) is 13.0 Å². The monoisotopic (exact) mass is 294 g/mol. The minimum Gasteiger partial charge on any atom is -0.469 e. The van der Waals surface area contributed by atoms with Crippen LogP contribution in [0, 0.1) is 11.3 Å². The molecule has 0 N–H and O–H groups in total. The second-order valence-electron chi connectivity index (χ2n) is 5.67. The molecule has 0 bridgehead atoms. The van der Waals surface area contributed by atoms with E-state index in [9.17, 15) is 9.59 Å². The van der Waals surface area contributed by atoms with E-state index < -0.39 is 17.3 Å². The van der Waals surface area contributed by atoms with Gasteiger partial charge in [0.25, 0.3) is 0 Å². The Morgan fingerprint density at radius 3 is 2.25 bits per heavy atom. The Kier molecular flexibility index (Phi) is 5.55. The minimum atomic E-state index is -0.626. The first-order chi connectivity index (χ1) is 9.29. The standard InChI is InChI=1S/C16H19ClO3/c1-16(2,3)14(10-18)13(15(19)20-4)9-11-5-7-12(17)8-6-11/h5-8,13H,9H2,1-4H3. The Hall–Kier alpha value is -1.57. The highest BCUT2D eigenvalue weighted by molar-refractivity contribution is 6.30. The van der Waals surface area contributed by atoms with Gasteiger partial charge < -0.3 is 4.74 Å². The first-order valence-electron chi connectivity index (χ1n) is 6.37. The van der Waals surface area contributed by atoms with Crippen LogP contribution in [0.5, 0.6) is 0 Å². The third-order valence-corrected chi connectivity index (χ3v) is 3.36. The minimum absolute atomic E-state index is 0.395. The summed E-state index contributed by atoms with van der Waals surface area (Å²) in [6.07, 6.45) is 0.395. The van der Waals surface area contributed by atoms with Crippen LogP contribution in [0.2, 0.25) is 5.02 Å². The lowest BCUT2D eigenvalue weighted by Crippen LogP contribution is -2.28. The van der Waals surface area contributed by atoms with E-state index in [0.717, 1.165) is 5.56 Å². The summed E-state index contributed by atoms with van der Waals surface area (Å²) in [7, 11) is 1.32. The van der Waals surface area contributed by atoms with Gasteiger partial charge in [0.1, 0.15) is 5.94 Å². The fraction of sp³-hybridized carbons (Fsp3) is 0.438. The summed E-state index contributed by atoms with van der Waals surface area (Å²) in [5.74, 6) is 0.880. The van der Waals surface area contributed by atoms with E-state index in [1.165, 1.54) is 7.11 Å². The number of rotatable bonds is 4. The molecule has 0 amide bonds. The number of esters is 1. The van der Waals surface area contributed by atoms with E-state index in [1.807, 2.05) is 38.8 Å². The lowest BCUT2D eigenvalue weighted by molar-refractivity contribution is -0.144. The molecule has 0 fully saturated rings. The van der Waals surface area contributed by atoms with Crippen LogP contribution in [-0.4, -0.2) is 19.0 Å². The fourth-order valence-corrected chi connectivity index (χ4v) is 2.17. The summed E-state index contributed by atoms with van der Waals surface area (Å²) in [5, 5.41) is 0.630. The molecule has 1 rings (SSSR count). The summed E-state index contributed by atoms with van der Waals surface area (Å²) in [4.78, 5) is 23.2. The zero-order valence-electron chi connectivity index (χ0n) is 12.2. The molecule has 0 aromatic heterocycles. The van der Waals surface area contributed by atoms with Gasteiger partial charge in [-0.3, -0.25) is 4.79 Å². The second kappa shape index (κ2) is 6.74. The molecule has 0 aliphatic rings. The topological polar surface area (TPSA) is 43.4 Å². The van der Waals surface area contributed by atoms with Crippen molar-refractivity contribution in [2.24, 2.45) is 11.3 Å². The van der Waals surface area contributed by atoms with Crippen molar-refractivity contribution in [1.82, 2.24) is 0 Å². The molecule has 1 aromatic rings. The molecule has 0 aliphatic heterocycles. The average Bonchev–Trinajstić information content (AvgIpc) is 2.38. The Balaban J connectivity index is 3.11. The van der Waals surface area contributed by atoms with Gasteiger partial charge >= 0.3 is 5.97 Å². The van der Waals surface area contributed by atoms with Crippen molar-refractivity contribution in [3.05, 3.63) is 40.4 Å². The summed E-state index contributed by atoms with van der Waals surface area (Å²) in [6, 6.07) is 7.19. The van der Waals surface area contributed by atoms with Gasteiger partial charge in [-0.2, -0.15) is 0 Å². The molecule has 108 valence electrons. The van der Waals surface area contributed by atoms with E-state index in [-0.39, 0.29) is 0 Å². The Morgan fingerprint density at radius 2 is 1.85 bits per heavy atom. The number of hydrogen-bond donors (Lipinski definition) is 0. The van der Waals surface area contributed by atoms with Crippen molar-refractivity contribution in [3.63, 3.8) is 0 Å². The van der Waals surface area contributed by atoms with Gasteiger partial charge in [-0.05, 0) is 29.5 Å². The van der Waals surface area contributed by atoms with Gasteiger partial charge in [-0.25, -0.2) is 4.79 Å². The van der Waals surface area contributed by atoms with Crippen LogP contribution in [0.25, 0.3) is 0 Å². The first-order valence-corrected chi connectivity index (χ1v) is 6.75. The van der Waals surface area contributed by atoms with E-state index in [0.29, 0.717) is 17.0 Å². The highest BCUT2D eigenvalue weighted by atomic mass is 35.5. The highest BCUT2D eigenvalue weighted by Crippen LogP contribution is 2.32. The zero-order valence-corrected chi connectivity index (χ0v) is 13.0. The smallest absolute Gasteiger partial charge is 0.313 e. The number of methoxy groups -OCH3 is 1. The summed E-state index contributed by atoms with van der Waals surface area (Å²) < 4.78 is 4.82. The van der Waals surface area contributed by atoms with Crippen molar-refractivity contribution in [1.29, 1.82) is 0 Å². The number of ether oxygens (including phenoxy) is 1. The molecule has 1 atom stereocenters. The predicted octanol–water partition coefficient (Wildman–Crippen LogP) is 3.48. The zero-order chi connectivity index (χ0) is 15.3. The molecule has 0 spiro atoms. The quantitative estimate of drug-likeness (QED) is 0.631. The molecular weight excluding hydrogens is 276 g/mol. The third kappa shape index (κ3) is 4.22. The van der Waals surface area contributed by atoms with Crippen LogP contribution < -0.4 is 0 Å². The van der Waals surface area contributed by atoms with Gasteiger partial charge in [-0.15, -0.1) is 0 Å². The van der Waals surface area contributed by atoms with E-state index in [1.54, 1.807) is 12.1 Å². The number of benzene rings is 1. The molecule has 3 nitrogen and oxygen atoms in total. The number of hydrogen-bond acceptors (Lipinski definition) is 3. The normalized spacial score (nSPS) is 12.4. The van der Waals surface area contributed by atoms with Gasteiger partial charge in [-0.1, -0.05) is 44.5 Å². The summed E-state index contributed by atoms with van der Waals surface area (Å²) >= 11 is 5.84. The molecule has 0 radical (unpaired) electrons. The van der Waals surface area contributed by atoms with Gasteiger partial charge in [0.15, 0.2) is 0 Å². The highest BCUT2D eigenvalue weighted by Gasteiger charge is 2.32. The fourth-order valence-electron chi connectivity index (χ4n) is 2.05. The number of carbonyl (C=O) groups excluding carboxylic acids is 2. The number of halogens is 1. The maximum atomic E-state index is 12.0. The van der Waals surface area contributed by atoms with Crippen molar-refractivity contribution in [2.45, 2.75) is 27.2 Å². The maximum Gasteiger partial charge on any atom is 0.313 e. The lowest BCUT2D eigenvalue weighted by atomic mass is 9.77. The van der Waals surface area contributed by atoms with Crippen LogP contribution in [0.15, 0.2) is 29.8 Å². The predicted molar refractivity (Wildman–Crippen MR) is 79.3 cm³/mol. The largest absolute Gasteiger partial charge is 0.469 e. The van der Waals surface area contributed by atoms with Gasteiger partial charge in [0.2, 0.25) is 0 Å². The van der Waals surface area contributed by atoms with Crippen LogP contribution in [-0.2, 0) is 20.7 Å². The molecule has 1 aromatic carbocycles. The molecule has 1 unspecified atom stereocenters. The first kappa shape index (κ1) is 16.5. The van der Waals surface area contributed by atoms with Crippen molar-refractivity contribution in [2.75, 3.05) is 7.11 Å². The molecule has 0 saturated carbocycles. The average molecular weight is 295 g/mol. The molecule has 0 heterocycles. The third-order valence-electron chi connectivity index (χ3n) is 3.11. The van der Waals surface area contributed by atoms with Crippen LogP contribution >= 0.6 is 11.6 Å². The summed E-state index contributed by atoms with van der Waals surface area (Å²) in [5.41, 5.74) is 0.897. The molecule has 20 heavy (non-hydrogen) atoms. The molecule has 4 heteroatoms. The molecule has 0 saturated heterocycles. The van der Waals surface area contributed by atoms with Crippen molar-refractivity contribution < 1.29 is 14.3 Å². The van der Waals surface area contributed by atoms with Gasteiger partial charge in [0, 0.05) is 10.6 Å². The maximum absolute atomic E-state index is 12.0. The van der Waals surface area contributed by atoms with E-state index >= 15 is 0 Å². The van der Waals surface area contributed by atoms with Crippen LogP contribution in [0.3, 0.4) is 0 Å². The Morgan fingerprint density at radius 1 is 1.30 bits per heavy atom. The van der Waals surface area contributed by atoms with Crippen LogP contribution in [0.4, 0.5) is 0 Å². The Bertz CT molecular complexity index is 520. The second-order valence-corrected chi connectivity index (χ2v) is 6.11. The lowest BCUT2D eigenvalue weighted by Gasteiger charge is -2.26. The van der Waals surface area contributed by atoms with Crippen molar-refractivity contribution in [3.8, 4) is 0 Å². The van der Waals surface area contributed by atoms with E-state index in [4.69, 9.17) is 16.3 Å². The van der Waals surface area contributed by atoms with Crippen LogP contribution in [0.1, 0.15) is 26.3 Å². The molecule has 0 aliphatic carbocycles. The number of carbonyl (C=O) groups is 1. The summed E-state index contributed by atoms with van der Waals surface area (Å²) in [6.45, 7) is 5.64.